The van der Waals surface area contributed by atoms with E-state index in [1.165, 1.54) is 18.2 Å². The number of carbonyl (C=O) groups excluding carboxylic acids is 2. The first-order chi connectivity index (χ1) is 9.94. The van der Waals surface area contributed by atoms with Crippen molar-refractivity contribution in [1.82, 2.24) is 0 Å². The molecule has 0 amide bonds. The summed E-state index contributed by atoms with van der Waals surface area (Å²) in [5.41, 5.74) is 0.0828. The van der Waals surface area contributed by atoms with Crippen LogP contribution in [0.2, 0.25) is 10.0 Å². The molecule has 0 aliphatic heterocycles. The zero-order chi connectivity index (χ0) is 16.0. The summed E-state index contributed by atoms with van der Waals surface area (Å²) >= 11 is 12.0. The second-order valence-corrected chi connectivity index (χ2v) is 4.62. The average Bonchev–Trinajstić information content (AvgIpc) is 2.46. The molecule has 0 fully saturated rings. The molecule has 0 radical (unpaired) electrons. The standard InChI is InChI=1S/C14H14Cl2O5/c1-4-21-12-8(5-9(15)7-11(12)16)6-10(13(17)19-2)14(18)20-3/h5-7H,4H2,1-3H3. The largest absolute Gasteiger partial charge is 0.492 e. The maximum Gasteiger partial charge on any atom is 0.345 e. The van der Waals surface area contributed by atoms with E-state index in [-0.39, 0.29) is 10.6 Å². The molecule has 0 atom stereocenters. The predicted octanol–water partition coefficient (Wildman–Crippen LogP) is 3.12. The van der Waals surface area contributed by atoms with Crippen LogP contribution >= 0.6 is 23.2 Å². The quantitative estimate of drug-likeness (QED) is 0.359. The van der Waals surface area contributed by atoms with Crippen LogP contribution in [0.15, 0.2) is 17.7 Å². The zero-order valence-corrected chi connectivity index (χ0v) is 13.2. The first-order valence-electron chi connectivity index (χ1n) is 5.94. The fourth-order valence-electron chi connectivity index (χ4n) is 1.56. The molecule has 0 aliphatic carbocycles. The summed E-state index contributed by atoms with van der Waals surface area (Å²) in [5, 5.41) is 0.605. The fourth-order valence-corrected chi connectivity index (χ4v) is 2.12. The van der Waals surface area contributed by atoms with Crippen molar-refractivity contribution >= 4 is 41.2 Å². The van der Waals surface area contributed by atoms with Crippen molar-refractivity contribution in [1.29, 1.82) is 0 Å². The van der Waals surface area contributed by atoms with Gasteiger partial charge in [0, 0.05) is 10.6 Å². The molecule has 0 aromatic heterocycles. The van der Waals surface area contributed by atoms with E-state index in [1.807, 2.05) is 0 Å². The fraction of sp³-hybridized carbons (Fsp3) is 0.286. The van der Waals surface area contributed by atoms with Crippen LogP contribution in [-0.2, 0) is 19.1 Å². The van der Waals surface area contributed by atoms with E-state index in [2.05, 4.69) is 9.47 Å². The maximum atomic E-state index is 11.7. The minimum atomic E-state index is -0.833. The molecule has 0 aliphatic rings. The van der Waals surface area contributed by atoms with E-state index in [0.29, 0.717) is 22.9 Å². The van der Waals surface area contributed by atoms with Crippen LogP contribution < -0.4 is 4.74 Å². The highest BCUT2D eigenvalue weighted by Crippen LogP contribution is 2.34. The Labute approximate surface area is 132 Å². The molecule has 0 saturated carbocycles. The van der Waals surface area contributed by atoms with Gasteiger partial charge in [-0.2, -0.15) is 0 Å². The third-order valence-corrected chi connectivity index (χ3v) is 2.94. The van der Waals surface area contributed by atoms with Crippen molar-refractivity contribution in [3.63, 3.8) is 0 Å². The summed E-state index contributed by atoms with van der Waals surface area (Å²) in [5.74, 6) is -1.35. The molecule has 0 spiro atoms. The Morgan fingerprint density at radius 2 is 1.71 bits per heavy atom. The highest BCUT2D eigenvalue weighted by Gasteiger charge is 2.21. The van der Waals surface area contributed by atoms with Crippen LogP contribution in [0, 0.1) is 0 Å². The molecule has 0 bridgehead atoms. The molecule has 5 nitrogen and oxygen atoms in total. The van der Waals surface area contributed by atoms with E-state index in [4.69, 9.17) is 27.9 Å². The number of rotatable bonds is 5. The number of esters is 2. The molecule has 114 valence electrons. The number of ether oxygens (including phenoxy) is 3. The molecule has 0 heterocycles. The van der Waals surface area contributed by atoms with Gasteiger partial charge in [-0.1, -0.05) is 23.2 Å². The maximum absolute atomic E-state index is 11.7. The SMILES string of the molecule is CCOc1c(Cl)cc(Cl)cc1C=C(C(=O)OC)C(=O)OC. The van der Waals surface area contributed by atoms with Gasteiger partial charge in [0.2, 0.25) is 0 Å². The molecule has 0 N–H and O–H groups in total. The highest BCUT2D eigenvalue weighted by molar-refractivity contribution is 6.36. The van der Waals surface area contributed by atoms with Crippen molar-refractivity contribution in [2.45, 2.75) is 6.92 Å². The van der Waals surface area contributed by atoms with Crippen molar-refractivity contribution in [3.05, 3.63) is 33.3 Å². The van der Waals surface area contributed by atoms with Crippen LogP contribution in [0.25, 0.3) is 6.08 Å². The topological polar surface area (TPSA) is 61.8 Å². The Hall–Kier alpha value is -1.72. The second kappa shape index (κ2) is 7.90. The lowest BCUT2D eigenvalue weighted by Gasteiger charge is -2.11. The van der Waals surface area contributed by atoms with Crippen molar-refractivity contribution in [3.8, 4) is 5.75 Å². The van der Waals surface area contributed by atoms with Gasteiger partial charge in [-0.25, -0.2) is 9.59 Å². The van der Waals surface area contributed by atoms with Gasteiger partial charge < -0.3 is 14.2 Å². The lowest BCUT2D eigenvalue weighted by molar-refractivity contribution is -0.143. The Balaban J connectivity index is 3.44. The number of hydrogen-bond donors (Lipinski definition) is 0. The Morgan fingerprint density at radius 1 is 1.14 bits per heavy atom. The summed E-state index contributed by atoms with van der Waals surface area (Å²) in [7, 11) is 2.32. The third-order valence-electron chi connectivity index (χ3n) is 2.44. The highest BCUT2D eigenvalue weighted by atomic mass is 35.5. The second-order valence-electron chi connectivity index (χ2n) is 3.78. The van der Waals surface area contributed by atoms with E-state index < -0.39 is 11.9 Å². The summed E-state index contributed by atoms with van der Waals surface area (Å²) in [6.07, 6.45) is 1.26. The van der Waals surface area contributed by atoms with Gasteiger partial charge in [0.05, 0.1) is 25.8 Å². The Bertz CT molecular complexity index is 563. The minimum absolute atomic E-state index is 0.268. The van der Waals surface area contributed by atoms with Gasteiger partial charge in [-0.05, 0) is 25.1 Å². The van der Waals surface area contributed by atoms with E-state index >= 15 is 0 Å². The summed E-state index contributed by atoms with van der Waals surface area (Å²) in [6, 6.07) is 3.02. The van der Waals surface area contributed by atoms with Crippen LogP contribution in [0.5, 0.6) is 5.75 Å². The number of benzene rings is 1. The zero-order valence-electron chi connectivity index (χ0n) is 11.7. The van der Waals surface area contributed by atoms with E-state index in [9.17, 15) is 9.59 Å². The average molecular weight is 333 g/mol. The van der Waals surface area contributed by atoms with Gasteiger partial charge in [0.25, 0.3) is 0 Å². The first kappa shape index (κ1) is 17.3. The number of halogens is 2. The van der Waals surface area contributed by atoms with Crippen molar-refractivity contribution in [2.75, 3.05) is 20.8 Å². The minimum Gasteiger partial charge on any atom is -0.492 e. The monoisotopic (exact) mass is 332 g/mol. The molecule has 0 saturated heterocycles. The van der Waals surface area contributed by atoms with E-state index in [0.717, 1.165) is 14.2 Å². The summed E-state index contributed by atoms with van der Waals surface area (Å²) in [6.45, 7) is 2.13. The lowest BCUT2D eigenvalue weighted by Crippen LogP contribution is -2.15. The number of methoxy groups -OCH3 is 2. The molecule has 7 heteroatoms. The van der Waals surface area contributed by atoms with Crippen LogP contribution in [0.1, 0.15) is 12.5 Å². The van der Waals surface area contributed by atoms with Crippen LogP contribution in [-0.4, -0.2) is 32.8 Å². The summed E-state index contributed by atoms with van der Waals surface area (Å²) < 4.78 is 14.5. The smallest absolute Gasteiger partial charge is 0.345 e. The molecular weight excluding hydrogens is 319 g/mol. The lowest BCUT2D eigenvalue weighted by atomic mass is 10.1. The normalized spacial score (nSPS) is 9.76. The molecule has 1 rings (SSSR count). The molecular formula is C14H14Cl2O5. The van der Waals surface area contributed by atoms with Crippen molar-refractivity contribution < 1.29 is 23.8 Å². The van der Waals surface area contributed by atoms with Gasteiger partial charge in [0.15, 0.2) is 0 Å². The van der Waals surface area contributed by atoms with Gasteiger partial charge in [-0.3, -0.25) is 0 Å². The van der Waals surface area contributed by atoms with Crippen LogP contribution in [0.4, 0.5) is 0 Å². The van der Waals surface area contributed by atoms with E-state index in [1.54, 1.807) is 6.92 Å². The number of carbonyl (C=O) groups is 2. The third kappa shape index (κ3) is 4.37. The molecule has 1 aromatic rings. The summed E-state index contributed by atoms with van der Waals surface area (Å²) in [4.78, 5) is 23.3. The Morgan fingerprint density at radius 3 is 2.19 bits per heavy atom. The van der Waals surface area contributed by atoms with Gasteiger partial charge in [0.1, 0.15) is 11.3 Å². The molecule has 1 aromatic carbocycles. The Kier molecular flexibility index (Phi) is 6.52. The van der Waals surface area contributed by atoms with Crippen LogP contribution in [0.3, 0.4) is 0 Å². The molecule has 21 heavy (non-hydrogen) atoms. The van der Waals surface area contributed by atoms with Gasteiger partial charge in [-0.15, -0.1) is 0 Å². The van der Waals surface area contributed by atoms with Gasteiger partial charge >= 0.3 is 11.9 Å². The predicted molar refractivity (Wildman–Crippen MR) is 79.6 cm³/mol. The van der Waals surface area contributed by atoms with Crippen molar-refractivity contribution in [2.24, 2.45) is 0 Å². The molecule has 0 unspecified atom stereocenters. The number of hydrogen-bond acceptors (Lipinski definition) is 5. The first-order valence-corrected chi connectivity index (χ1v) is 6.70.